The van der Waals surface area contributed by atoms with E-state index in [1.165, 1.54) is 16.7 Å². The number of hydrogen-bond donors (Lipinski definition) is 3. The molecule has 0 fully saturated rings. The lowest BCUT2D eigenvalue weighted by atomic mass is 9.99. The zero-order chi connectivity index (χ0) is 15.2. The summed E-state index contributed by atoms with van der Waals surface area (Å²) in [5, 5.41) is 3.24. The van der Waals surface area contributed by atoms with Crippen molar-refractivity contribution in [2.75, 3.05) is 13.6 Å². The molecule has 0 saturated carbocycles. The lowest BCUT2D eigenvalue weighted by molar-refractivity contribution is 0.242. The number of hydrogen-bond acceptors (Lipinski definition) is 3. The highest BCUT2D eigenvalue weighted by Crippen LogP contribution is 2.26. The van der Waals surface area contributed by atoms with E-state index in [9.17, 15) is 0 Å². The Bertz CT molecular complexity index is 541. The third kappa shape index (κ3) is 4.09. The van der Waals surface area contributed by atoms with Crippen LogP contribution in [0.4, 0.5) is 0 Å². The highest BCUT2D eigenvalue weighted by Gasteiger charge is 2.11. The summed E-state index contributed by atoms with van der Waals surface area (Å²) < 4.78 is 5.68. The monoisotopic (exact) mass is 287 g/mol. The number of rotatable bonds is 7. The topological polar surface area (TPSA) is 63.1 Å². The fourth-order valence-electron chi connectivity index (χ4n) is 2.39. The summed E-state index contributed by atoms with van der Waals surface area (Å²) in [7, 11) is 1.95. The second-order valence-corrected chi connectivity index (χ2v) is 5.51. The van der Waals surface area contributed by atoms with Gasteiger partial charge in [0.1, 0.15) is 5.75 Å². The molecular weight excluding hydrogens is 262 g/mol. The molecule has 1 unspecified atom stereocenters. The molecule has 0 bridgehead atoms. The van der Waals surface area contributed by atoms with Gasteiger partial charge in [0, 0.05) is 30.5 Å². The van der Waals surface area contributed by atoms with Crippen LogP contribution in [-0.4, -0.2) is 30.7 Å². The molecule has 4 heteroatoms. The molecule has 1 heterocycles. The van der Waals surface area contributed by atoms with Crippen LogP contribution in [0.1, 0.15) is 19.4 Å². The predicted molar refractivity (Wildman–Crippen MR) is 87.6 cm³/mol. The van der Waals surface area contributed by atoms with Crippen LogP contribution in [0.2, 0.25) is 0 Å². The molecular formula is C17H25N3O. The Hall–Kier alpha value is -1.78. The number of benzene rings is 1. The fraction of sp³-hybridized carbons (Fsp3) is 0.412. The molecule has 4 N–H and O–H groups in total. The minimum absolute atomic E-state index is 0.194. The second kappa shape index (κ2) is 7.29. The van der Waals surface area contributed by atoms with Crippen LogP contribution in [0.3, 0.4) is 0 Å². The first-order chi connectivity index (χ1) is 10.1. The molecule has 0 aliphatic carbocycles. The van der Waals surface area contributed by atoms with Gasteiger partial charge in [0.25, 0.3) is 0 Å². The van der Waals surface area contributed by atoms with Crippen LogP contribution in [-0.2, 0) is 6.42 Å². The lowest BCUT2D eigenvalue weighted by Crippen LogP contribution is -2.35. The molecule has 0 spiro atoms. The van der Waals surface area contributed by atoms with Gasteiger partial charge >= 0.3 is 0 Å². The van der Waals surface area contributed by atoms with E-state index in [0.29, 0.717) is 12.6 Å². The van der Waals surface area contributed by atoms with Gasteiger partial charge in [0.2, 0.25) is 0 Å². The molecule has 21 heavy (non-hydrogen) atoms. The maximum Gasteiger partial charge on any atom is 0.119 e. The molecule has 2 aromatic rings. The Kier molecular flexibility index (Phi) is 5.42. The van der Waals surface area contributed by atoms with Crippen molar-refractivity contribution in [3.8, 4) is 16.9 Å². The van der Waals surface area contributed by atoms with Gasteiger partial charge in [-0.2, -0.15) is 0 Å². The summed E-state index contributed by atoms with van der Waals surface area (Å²) in [6, 6.07) is 8.53. The highest BCUT2D eigenvalue weighted by atomic mass is 16.5. The maximum atomic E-state index is 5.77. The van der Waals surface area contributed by atoms with Crippen LogP contribution >= 0.6 is 0 Å². The molecule has 0 saturated heterocycles. The van der Waals surface area contributed by atoms with Crippen molar-refractivity contribution >= 4 is 0 Å². The number of H-pyrrole nitrogens is 1. The van der Waals surface area contributed by atoms with Gasteiger partial charge in [-0.05, 0) is 50.6 Å². The van der Waals surface area contributed by atoms with Crippen molar-refractivity contribution in [3.63, 3.8) is 0 Å². The summed E-state index contributed by atoms with van der Waals surface area (Å²) >= 11 is 0. The predicted octanol–water partition coefficient (Wildman–Crippen LogP) is 2.56. The minimum atomic E-state index is 0.194. The van der Waals surface area contributed by atoms with E-state index >= 15 is 0 Å². The summed E-state index contributed by atoms with van der Waals surface area (Å²) in [5.74, 6) is 0.904. The van der Waals surface area contributed by atoms with E-state index in [2.05, 4.69) is 22.4 Å². The zero-order valence-electron chi connectivity index (χ0n) is 13.0. The van der Waals surface area contributed by atoms with Crippen molar-refractivity contribution in [2.24, 2.45) is 5.73 Å². The normalized spacial score (nSPS) is 12.6. The van der Waals surface area contributed by atoms with E-state index in [4.69, 9.17) is 10.5 Å². The first-order valence-corrected chi connectivity index (χ1v) is 7.44. The number of aromatic nitrogens is 1. The Balaban J connectivity index is 2.17. The third-order valence-electron chi connectivity index (χ3n) is 3.53. The molecule has 2 rings (SSSR count). The molecule has 0 radical (unpaired) electrons. The van der Waals surface area contributed by atoms with Crippen molar-refractivity contribution in [3.05, 3.63) is 42.2 Å². The summed E-state index contributed by atoms with van der Waals surface area (Å²) in [5.41, 5.74) is 9.45. The Morgan fingerprint density at radius 3 is 2.48 bits per heavy atom. The molecule has 0 amide bonds. The average molecular weight is 287 g/mol. The van der Waals surface area contributed by atoms with Crippen molar-refractivity contribution in [1.29, 1.82) is 0 Å². The van der Waals surface area contributed by atoms with Crippen molar-refractivity contribution in [2.45, 2.75) is 32.4 Å². The number of nitrogens with one attached hydrogen (secondary N) is 2. The SMILES string of the molecule is CNC(CN)Cc1c[nH]cc1-c1ccc(OC(C)C)cc1. The number of likely N-dealkylation sites (N-methyl/N-ethyl adjacent to an activating group) is 1. The van der Waals surface area contributed by atoms with Gasteiger partial charge in [0.15, 0.2) is 0 Å². The van der Waals surface area contributed by atoms with Crippen LogP contribution < -0.4 is 15.8 Å². The van der Waals surface area contributed by atoms with Gasteiger partial charge in [0.05, 0.1) is 6.10 Å². The molecule has 1 aromatic heterocycles. The Labute approximate surface area is 126 Å². The van der Waals surface area contributed by atoms with Crippen LogP contribution in [0.25, 0.3) is 11.1 Å². The average Bonchev–Trinajstić information content (AvgIpc) is 2.93. The quantitative estimate of drug-likeness (QED) is 0.733. The Morgan fingerprint density at radius 2 is 1.90 bits per heavy atom. The van der Waals surface area contributed by atoms with Gasteiger partial charge in [-0.1, -0.05) is 12.1 Å². The van der Waals surface area contributed by atoms with Crippen LogP contribution in [0.5, 0.6) is 5.75 Å². The molecule has 1 aromatic carbocycles. The van der Waals surface area contributed by atoms with Crippen molar-refractivity contribution in [1.82, 2.24) is 10.3 Å². The first-order valence-electron chi connectivity index (χ1n) is 7.44. The van der Waals surface area contributed by atoms with E-state index in [1.54, 1.807) is 0 Å². The minimum Gasteiger partial charge on any atom is -0.491 e. The summed E-state index contributed by atoms with van der Waals surface area (Å²) in [6.07, 6.45) is 5.19. The zero-order valence-corrected chi connectivity index (χ0v) is 13.0. The molecule has 0 aliphatic rings. The van der Waals surface area contributed by atoms with Gasteiger partial charge in [-0.3, -0.25) is 0 Å². The summed E-state index contributed by atoms with van der Waals surface area (Å²) in [4.78, 5) is 3.20. The van der Waals surface area contributed by atoms with E-state index in [-0.39, 0.29) is 6.10 Å². The molecule has 1 atom stereocenters. The second-order valence-electron chi connectivity index (χ2n) is 5.51. The smallest absolute Gasteiger partial charge is 0.119 e. The fourth-order valence-corrected chi connectivity index (χ4v) is 2.39. The molecule has 4 nitrogen and oxygen atoms in total. The number of aromatic amines is 1. The first kappa shape index (κ1) is 15.6. The van der Waals surface area contributed by atoms with E-state index in [0.717, 1.165) is 12.2 Å². The lowest BCUT2D eigenvalue weighted by Gasteiger charge is -2.14. The highest BCUT2D eigenvalue weighted by molar-refractivity contribution is 5.67. The van der Waals surface area contributed by atoms with E-state index in [1.807, 2.05) is 45.4 Å². The van der Waals surface area contributed by atoms with Gasteiger partial charge in [-0.25, -0.2) is 0 Å². The third-order valence-corrected chi connectivity index (χ3v) is 3.53. The van der Waals surface area contributed by atoms with E-state index < -0.39 is 0 Å². The molecule has 114 valence electrons. The molecule has 0 aliphatic heterocycles. The maximum absolute atomic E-state index is 5.77. The van der Waals surface area contributed by atoms with Crippen LogP contribution in [0.15, 0.2) is 36.7 Å². The number of nitrogens with two attached hydrogens (primary N) is 1. The van der Waals surface area contributed by atoms with Crippen molar-refractivity contribution < 1.29 is 4.74 Å². The van der Waals surface area contributed by atoms with Gasteiger partial charge in [-0.15, -0.1) is 0 Å². The Morgan fingerprint density at radius 1 is 1.19 bits per heavy atom. The number of ether oxygens (including phenoxy) is 1. The standard InChI is InChI=1S/C17H25N3O/c1-12(2)21-16-6-4-13(5-7-16)17-11-20-10-14(17)8-15(9-18)19-3/h4-7,10-12,15,19-20H,8-9,18H2,1-3H3. The largest absolute Gasteiger partial charge is 0.491 e. The van der Waals surface area contributed by atoms with Crippen LogP contribution in [0, 0.1) is 0 Å². The van der Waals surface area contributed by atoms with Gasteiger partial charge < -0.3 is 20.8 Å². The summed E-state index contributed by atoms with van der Waals surface area (Å²) in [6.45, 7) is 4.69.